The summed E-state index contributed by atoms with van der Waals surface area (Å²) in [4.78, 5) is 0. The highest BCUT2D eigenvalue weighted by molar-refractivity contribution is 6.30. The monoisotopic (exact) mass is 362 g/mol. The Kier molecular flexibility index (Phi) is 6.99. The van der Waals surface area contributed by atoms with Crippen LogP contribution in [0.1, 0.15) is 82.6 Å². The lowest BCUT2D eigenvalue weighted by molar-refractivity contribution is 0.246. The highest BCUT2D eigenvalue weighted by Crippen LogP contribution is 2.40. The Labute approximate surface area is 157 Å². The van der Waals surface area contributed by atoms with E-state index in [9.17, 15) is 4.39 Å². The molecule has 0 radical (unpaired) electrons. The first kappa shape index (κ1) is 19.0. The molecular weight excluding hydrogens is 331 g/mol. The van der Waals surface area contributed by atoms with E-state index in [0.717, 1.165) is 23.3 Å². The molecule has 0 N–H and O–H groups in total. The fourth-order valence-corrected chi connectivity index (χ4v) is 5.08. The van der Waals surface area contributed by atoms with E-state index in [1.807, 2.05) is 6.07 Å². The van der Waals surface area contributed by atoms with Crippen LogP contribution in [0.3, 0.4) is 0 Å². The fraction of sp³-hybridized carbons (Fsp3) is 0.652. The average molecular weight is 363 g/mol. The van der Waals surface area contributed by atoms with Crippen LogP contribution >= 0.6 is 11.6 Å². The molecule has 25 heavy (non-hydrogen) atoms. The molecule has 0 spiro atoms. The third-order valence-corrected chi connectivity index (χ3v) is 6.91. The van der Waals surface area contributed by atoms with E-state index < -0.39 is 0 Å². The zero-order chi connectivity index (χ0) is 17.6. The van der Waals surface area contributed by atoms with Crippen molar-refractivity contribution in [1.82, 2.24) is 0 Å². The normalized spacial score (nSPS) is 30.7. The summed E-state index contributed by atoms with van der Waals surface area (Å²) in [6.07, 6.45) is 18.1. The second-order valence-electron chi connectivity index (χ2n) is 8.28. The SMILES string of the molecule is CC=C[C@H]1CC[C@H](CC[C@H]2CC[C@H](c3ccc(Cl)c(F)c3)CC2)CC1. The largest absolute Gasteiger partial charge is 0.205 e. The van der Waals surface area contributed by atoms with Crippen LogP contribution in [0.4, 0.5) is 4.39 Å². The molecule has 0 bridgehead atoms. The Bertz CT molecular complexity index is 563. The Morgan fingerprint density at radius 1 is 0.960 bits per heavy atom. The van der Waals surface area contributed by atoms with Crippen LogP contribution in [0.5, 0.6) is 0 Å². The maximum absolute atomic E-state index is 13.7. The molecule has 0 heterocycles. The molecule has 2 aliphatic carbocycles. The summed E-state index contributed by atoms with van der Waals surface area (Å²) in [6.45, 7) is 2.14. The van der Waals surface area contributed by atoms with E-state index in [-0.39, 0.29) is 10.8 Å². The molecule has 0 saturated heterocycles. The molecule has 2 fully saturated rings. The van der Waals surface area contributed by atoms with Gasteiger partial charge in [0.05, 0.1) is 5.02 Å². The number of benzene rings is 1. The standard InChI is InChI=1S/C23H32ClF/c1-2-3-17-4-6-18(7-5-17)8-9-19-10-12-20(13-11-19)21-14-15-22(24)23(25)16-21/h2-3,14-20H,4-13H2,1H3/t17-,18-,19-,20-. The molecule has 0 amide bonds. The first-order valence-corrected chi connectivity index (χ1v) is 10.6. The zero-order valence-electron chi connectivity index (χ0n) is 15.5. The maximum Gasteiger partial charge on any atom is 0.142 e. The van der Waals surface area contributed by atoms with Crippen molar-refractivity contribution in [3.05, 3.63) is 46.8 Å². The van der Waals surface area contributed by atoms with E-state index >= 15 is 0 Å². The van der Waals surface area contributed by atoms with Gasteiger partial charge in [-0.2, -0.15) is 0 Å². The average Bonchev–Trinajstić information content (AvgIpc) is 2.64. The third kappa shape index (κ3) is 5.33. The van der Waals surface area contributed by atoms with Gasteiger partial charge in [-0.15, -0.1) is 0 Å². The van der Waals surface area contributed by atoms with Gasteiger partial charge in [0.1, 0.15) is 5.82 Å². The molecule has 0 aliphatic heterocycles. The van der Waals surface area contributed by atoms with Gasteiger partial charge >= 0.3 is 0 Å². The highest BCUT2D eigenvalue weighted by Gasteiger charge is 2.25. The van der Waals surface area contributed by atoms with Crippen LogP contribution in [0, 0.1) is 23.6 Å². The first-order chi connectivity index (χ1) is 12.2. The fourth-order valence-electron chi connectivity index (χ4n) is 4.96. The summed E-state index contributed by atoms with van der Waals surface area (Å²) in [7, 11) is 0. The number of hydrogen-bond acceptors (Lipinski definition) is 0. The van der Waals surface area contributed by atoms with Gasteiger partial charge < -0.3 is 0 Å². The van der Waals surface area contributed by atoms with Crippen LogP contribution in [0.25, 0.3) is 0 Å². The van der Waals surface area contributed by atoms with Crippen molar-refractivity contribution in [1.29, 1.82) is 0 Å². The highest BCUT2D eigenvalue weighted by atomic mass is 35.5. The molecule has 1 aromatic carbocycles. The lowest BCUT2D eigenvalue weighted by Gasteiger charge is -2.31. The van der Waals surface area contributed by atoms with E-state index in [1.54, 1.807) is 12.1 Å². The van der Waals surface area contributed by atoms with Gasteiger partial charge in [0.15, 0.2) is 0 Å². The van der Waals surface area contributed by atoms with Crippen LogP contribution in [0.2, 0.25) is 5.02 Å². The van der Waals surface area contributed by atoms with Crippen molar-refractivity contribution >= 4 is 11.6 Å². The predicted molar refractivity (Wildman–Crippen MR) is 106 cm³/mol. The van der Waals surface area contributed by atoms with Gasteiger partial charge in [-0.3, -0.25) is 0 Å². The summed E-state index contributed by atoms with van der Waals surface area (Å²) < 4.78 is 13.7. The Morgan fingerprint density at radius 2 is 1.56 bits per heavy atom. The van der Waals surface area contributed by atoms with E-state index in [2.05, 4.69) is 19.1 Å². The molecule has 0 atom stereocenters. The lowest BCUT2D eigenvalue weighted by Crippen LogP contribution is -2.17. The molecule has 0 nitrogen and oxygen atoms in total. The van der Waals surface area contributed by atoms with Gasteiger partial charge in [0.2, 0.25) is 0 Å². The Balaban J connectivity index is 1.39. The van der Waals surface area contributed by atoms with Crippen molar-refractivity contribution in [3.8, 4) is 0 Å². The number of allylic oxidation sites excluding steroid dienone is 2. The smallest absolute Gasteiger partial charge is 0.142 e. The minimum atomic E-state index is -0.269. The van der Waals surface area contributed by atoms with Crippen molar-refractivity contribution in [2.24, 2.45) is 17.8 Å². The molecular formula is C23H32ClF. The summed E-state index contributed by atoms with van der Waals surface area (Å²) >= 11 is 5.81. The Hall–Kier alpha value is -0.820. The zero-order valence-corrected chi connectivity index (χ0v) is 16.3. The number of rotatable bonds is 5. The summed E-state index contributed by atoms with van der Waals surface area (Å²) in [5.74, 6) is 2.96. The van der Waals surface area contributed by atoms with Crippen molar-refractivity contribution in [2.45, 2.75) is 77.0 Å². The number of hydrogen-bond donors (Lipinski definition) is 0. The maximum atomic E-state index is 13.7. The van der Waals surface area contributed by atoms with Gasteiger partial charge in [0.25, 0.3) is 0 Å². The third-order valence-electron chi connectivity index (χ3n) is 6.60. The van der Waals surface area contributed by atoms with E-state index in [0.29, 0.717) is 5.92 Å². The quantitative estimate of drug-likeness (QED) is 0.466. The van der Waals surface area contributed by atoms with Crippen LogP contribution < -0.4 is 0 Å². The molecule has 2 saturated carbocycles. The molecule has 0 unspecified atom stereocenters. The molecule has 0 aromatic heterocycles. The van der Waals surface area contributed by atoms with Gasteiger partial charge in [-0.1, -0.05) is 42.7 Å². The predicted octanol–water partition coefficient (Wildman–Crippen LogP) is 7.92. The summed E-state index contributed by atoms with van der Waals surface area (Å²) in [5, 5.41) is 0.238. The van der Waals surface area contributed by atoms with Crippen LogP contribution in [-0.2, 0) is 0 Å². The molecule has 138 valence electrons. The Morgan fingerprint density at radius 3 is 2.12 bits per heavy atom. The van der Waals surface area contributed by atoms with E-state index in [4.69, 9.17) is 11.6 Å². The second kappa shape index (κ2) is 9.21. The number of halogens is 2. The topological polar surface area (TPSA) is 0 Å². The molecule has 1 aromatic rings. The summed E-state index contributed by atoms with van der Waals surface area (Å²) in [5.41, 5.74) is 1.14. The van der Waals surface area contributed by atoms with Crippen molar-refractivity contribution < 1.29 is 4.39 Å². The lowest BCUT2D eigenvalue weighted by atomic mass is 9.74. The van der Waals surface area contributed by atoms with Crippen LogP contribution in [0.15, 0.2) is 30.4 Å². The van der Waals surface area contributed by atoms with Gasteiger partial charge in [-0.25, -0.2) is 4.39 Å². The minimum Gasteiger partial charge on any atom is -0.205 e. The van der Waals surface area contributed by atoms with Crippen molar-refractivity contribution in [2.75, 3.05) is 0 Å². The van der Waals surface area contributed by atoms with Crippen LogP contribution in [-0.4, -0.2) is 0 Å². The van der Waals surface area contributed by atoms with Gasteiger partial charge in [0, 0.05) is 0 Å². The van der Waals surface area contributed by atoms with Crippen molar-refractivity contribution in [3.63, 3.8) is 0 Å². The molecule has 3 rings (SSSR count). The molecule has 2 aliphatic rings. The second-order valence-corrected chi connectivity index (χ2v) is 8.68. The van der Waals surface area contributed by atoms with E-state index in [1.165, 1.54) is 64.2 Å². The molecule has 2 heteroatoms. The minimum absolute atomic E-state index is 0.238. The van der Waals surface area contributed by atoms with Gasteiger partial charge in [-0.05, 0) is 99.7 Å². The summed E-state index contributed by atoms with van der Waals surface area (Å²) in [6, 6.07) is 5.37. The first-order valence-electron chi connectivity index (χ1n) is 10.2.